The molecule has 0 saturated heterocycles. The summed E-state index contributed by atoms with van der Waals surface area (Å²) in [4.78, 5) is 13.2. The monoisotopic (exact) mass is 760 g/mol. The second kappa shape index (κ2) is 12.3. The third kappa shape index (κ3) is 4.74. The van der Waals surface area contributed by atoms with Gasteiger partial charge >= 0.3 is 0 Å². The van der Waals surface area contributed by atoms with Crippen LogP contribution in [0.25, 0.3) is 106 Å². The lowest BCUT2D eigenvalue weighted by atomic mass is 10.1. The molecule has 6 heteroatoms. The highest BCUT2D eigenvalue weighted by Crippen LogP contribution is 2.43. The number of fused-ring (bicyclic) bond motifs is 10. The molecule has 266 valence electrons. The van der Waals surface area contributed by atoms with Crippen LogP contribution in [0.2, 0.25) is 0 Å². The van der Waals surface area contributed by atoms with Crippen molar-refractivity contribution in [1.82, 2.24) is 28.7 Å². The fraction of sp³-hybridized carbons (Fsp3) is 0. The molecule has 0 aliphatic carbocycles. The highest BCUT2D eigenvalue weighted by Gasteiger charge is 2.23. The van der Waals surface area contributed by atoms with Crippen molar-refractivity contribution in [1.29, 1.82) is 0 Å². The number of aromatic nitrogens is 6. The molecule has 6 nitrogen and oxygen atoms in total. The summed E-state index contributed by atoms with van der Waals surface area (Å²) in [6, 6.07) is -31.0. The number of nitrogens with zero attached hydrogens (tertiary/aromatic N) is 6. The molecule has 0 aliphatic rings. The zero-order chi connectivity index (χ0) is 65.3. The van der Waals surface area contributed by atoms with Crippen molar-refractivity contribution < 1.29 is 43.9 Å². The second-order valence-corrected chi connectivity index (χ2v) is 12.1. The van der Waals surface area contributed by atoms with Crippen LogP contribution in [-0.2, 0) is 0 Å². The standard InChI is InChI=1S/C51H32N6/c1-4-16-33(17-5-1)49-52-50(34-18-6-2-7-19-34)54-51(53-49)57-44-27-15-12-24-41(44)47-45(57)31-30-40-38-23-11-14-26-43(38)56(48(40)47)36-28-29-39-37-22-10-13-25-42(37)55(46(39)32-36)35-20-8-3-9-21-35/h1-32H/i1D,2D,3D,4D,5D,6D,7D,8D,9D,10D,11D,12D,13D,14D,15D,16D,17D,18D,19D,20D,21D,22D,23D,24D,25D,26D,27D,28D,29D,30D,31D,32D. The Morgan fingerprint density at radius 3 is 1.47 bits per heavy atom. The van der Waals surface area contributed by atoms with Crippen molar-refractivity contribution in [3.63, 3.8) is 0 Å². The maximum atomic E-state index is 10.3. The zero-order valence-corrected chi connectivity index (χ0v) is 28.2. The molecule has 12 aromatic rings. The van der Waals surface area contributed by atoms with Gasteiger partial charge in [0.2, 0.25) is 5.95 Å². The molecule has 12 rings (SSSR count). The molecule has 8 aromatic carbocycles. The highest BCUT2D eigenvalue weighted by atomic mass is 15.2. The molecule has 0 radical (unpaired) electrons. The first-order chi connectivity index (χ1) is 41.6. The van der Waals surface area contributed by atoms with Crippen LogP contribution in [0.3, 0.4) is 0 Å². The van der Waals surface area contributed by atoms with Gasteiger partial charge in [-0.15, -0.1) is 0 Å². The molecule has 4 aromatic heterocycles. The van der Waals surface area contributed by atoms with Crippen LogP contribution < -0.4 is 0 Å². The average molecular weight is 761 g/mol. The maximum Gasteiger partial charge on any atom is 0.238 e. The van der Waals surface area contributed by atoms with Gasteiger partial charge in [-0.25, -0.2) is 4.98 Å². The largest absolute Gasteiger partial charge is 0.309 e. The third-order valence-corrected chi connectivity index (χ3v) is 9.10. The SMILES string of the molecule is [2H]c1c([2H])c([2H])c(-c2nc(-c3c([2H])c([2H])c([2H])c([2H])c3[2H])nc(-n3c4c([2H])c([2H])c([2H])c([2H])c4c4c3c([2H])c([2H])c3c5c([2H])c([2H])c([2H])c([2H])c5n(-c5c([2H])c([2H])c6c7c([2H])c([2H])c([2H])c([2H])c7n(-c7c([2H])c([2H])c([2H])c([2H])c7[2H])c6c5[2H])c34)n2)c([2H])c1[2H]. The zero-order valence-electron chi connectivity index (χ0n) is 60.2. The average Bonchev–Trinajstić information content (AvgIpc) is 1.52. The number of rotatable bonds is 5. The van der Waals surface area contributed by atoms with Crippen molar-refractivity contribution in [2.75, 3.05) is 0 Å². The van der Waals surface area contributed by atoms with Crippen molar-refractivity contribution in [2.24, 2.45) is 0 Å². The van der Waals surface area contributed by atoms with Gasteiger partial charge in [0, 0.05) is 54.8 Å². The van der Waals surface area contributed by atoms with E-state index >= 15 is 0 Å². The van der Waals surface area contributed by atoms with Crippen LogP contribution in [0.1, 0.15) is 43.9 Å². The van der Waals surface area contributed by atoms with E-state index in [2.05, 4.69) is 15.0 Å². The van der Waals surface area contributed by atoms with Gasteiger partial charge in [0.15, 0.2) is 11.6 Å². The number of benzene rings is 8. The van der Waals surface area contributed by atoms with Gasteiger partial charge in [-0.3, -0.25) is 4.57 Å². The predicted octanol–water partition coefficient (Wildman–Crippen LogP) is 12.5. The van der Waals surface area contributed by atoms with Gasteiger partial charge in [0.1, 0.15) is 0 Å². The Balaban J connectivity index is 1.39. The van der Waals surface area contributed by atoms with Crippen LogP contribution in [0, 0.1) is 0 Å². The fourth-order valence-corrected chi connectivity index (χ4v) is 6.85. The summed E-state index contributed by atoms with van der Waals surface area (Å²) in [7, 11) is 0. The van der Waals surface area contributed by atoms with E-state index in [-0.39, 0.29) is 0 Å². The Labute approximate surface area is 372 Å². The molecular weight excluding hydrogens is 697 g/mol. The van der Waals surface area contributed by atoms with E-state index in [1.54, 1.807) is 0 Å². The number of hydrogen-bond donors (Lipinski definition) is 0. The molecule has 0 atom stereocenters. The summed E-state index contributed by atoms with van der Waals surface area (Å²) in [6.07, 6.45) is 0. The molecule has 0 spiro atoms. The van der Waals surface area contributed by atoms with Crippen LogP contribution in [0.4, 0.5) is 0 Å². The van der Waals surface area contributed by atoms with E-state index in [9.17, 15) is 13.7 Å². The Morgan fingerprint density at radius 1 is 0.333 bits per heavy atom. The smallest absolute Gasteiger partial charge is 0.238 e. The van der Waals surface area contributed by atoms with Gasteiger partial charge in [-0.2, -0.15) is 9.97 Å². The molecule has 0 bridgehead atoms. The fourth-order valence-electron chi connectivity index (χ4n) is 6.85. The first-order valence-electron chi connectivity index (χ1n) is 32.6. The maximum absolute atomic E-state index is 10.3. The van der Waals surface area contributed by atoms with Crippen LogP contribution in [0.15, 0.2) is 193 Å². The van der Waals surface area contributed by atoms with Crippen LogP contribution in [-0.4, -0.2) is 28.7 Å². The molecule has 0 unspecified atom stereocenters. The third-order valence-electron chi connectivity index (χ3n) is 9.10. The summed E-state index contributed by atoms with van der Waals surface area (Å²) in [5, 5.41) is -3.84. The van der Waals surface area contributed by atoms with Crippen LogP contribution >= 0.6 is 0 Å². The first-order valence-corrected chi connectivity index (χ1v) is 16.6. The lowest BCUT2D eigenvalue weighted by Gasteiger charge is -2.12. The molecule has 4 heterocycles. The molecule has 0 N–H and O–H groups in total. The van der Waals surface area contributed by atoms with E-state index < -0.39 is 299 Å². The minimum absolute atomic E-state index is 0.586. The van der Waals surface area contributed by atoms with Crippen molar-refractivity contribution in [3.8, 4) is 40.1 Å². The van der Waals surface area contributed by atoms with E-state index in [0.29, 0.717) is 9.13 Å². The van der Waals surface area contributed by atoms with Crippen LogP contribution in [0.5, 0.6) is 0 Å². The Morgan fingerprint density at radius 2 is 0.825 bits per heavy atom. The summed E-state index contributed by atoms with van der Waals surface area (Å²) in [5.74, 6) is -2.76. The van der Waals surface area contributed by atoms with Crippen molar-refractivity contribution in [3.05, 3.63) is 193 Å². The number of para-hydroxylation sites is 4. The molecule has 57 heavy (non-hydrogen) atoms. The Kier molecular flexibility index (Phi) is 2.91. The topological polar surface area (TPSA) is 53.5 Å². The van der Waals surface area contributed by atoms with Crippen molar-refractivity contribution >= 4 is 65.4 Å². The van der Waals surface area contributed by atoms with E-state index in [1.165, 1.54) is 0 Å². The molecule has 0 saturated carbocycles. The van der Waals surface area contributed by atoms with E-state index in [1.807, 2.05) is 0 Å². The molecule has 0 fully saturated rings. The molecular formula is C51H32N6. The predicted molar refractivity (Wildman–Crippen MR) is 234 cm³/mol. The Hall–Kier alpha value is -7.83. The van der Waals surface area contributed by atoms with Gasteiger partial charge < -0.3 is 9.13 Å². The lowest BCUT2D eigenvalue weighted by Crippen LogP contribution is -2.06. The van der Waals surface area contributed by atoms with Gasteiger partial charge in [-0.1, -0.05) is 145 Å². The first kappa shape index (κ1) is 13.4. The lowest BCUT2D eigenvalue weighted by molar-refractivity contribution is 0.953. The Bertz CT molecular complexity index is 5240. The summed E-state index contributed by atoms with van der Waals surface area (Å²) in [6.45, 7) is 0. The van der Waals surface area contributed by atoms with E-state index in [4.69, 9.17) is 30.2 Å². The second-order valence-electron chi connectivity index (χ2n) is 12.1. The van der Waals surface area contributed by atoms with Gasteiger partial charge in [0.05, 0.1) is 77.0 Å². The van der Waals surface area contributed by atoms with Gasteiger partial charge in [0.25, 0.3) is 0 Å². The minimum atomic E-state index is -1.09. The quantitative estimate of drug-likeness (QED) is 0.176. The molecule has 0 aliphatic heterocycles. The minimum Gasteiger partial charge on any atom is -0.309 e. The normalized spacial score (nSPS) is 19.7. The summed E-state index contributed by atoms with van der Waals surface area (Å²) >= 11 is 0. The number of hydrogen-bond acceptors (Lipinski definition) is 3. The van der Waals surface area contributed by atoms with Gasteiger partial charge in [-0.05, 0) is 48.3 Å². The highest BCUT2D eigenvalue weighted by molar-refractivity contribution is 6.26. The summed E-state index contributed by atoms with van der Waals surface area (Å²) < 4.78 is 292. The van der Waals surface area contributed by atoms with Crippen molar-refractivity contribution in [2.45, 2.75) is 0 Å². The van der Waals surface area contributed by atoms with E-state index in [0.717, 1.165) is 4.57 Å². The summed E-state index contributed by atoms with van der Waals surface area (Å²) in [5.41, 5.74) is -7.73. The molecule has 0 amide bonds.